The molecule has 0 heterocycles. The Hall–Kier alpha value is -6.98. The molecule has 10 amide bonds. The monoisotopic (exact) mass is 778 g/mol. The Morgan fingerprint density at radius 3 is 1.27 bits per heavy atom. The zero-order valence-electron chi connectivity index (χ0n) is 29.1. The van der Waals surface area contributed by atoms with Gasteiger partial charge in [-0.15, -0.1) is 0 Å². The summed E-state index contributed by atoms with van der Waals surface area (Å²) < 4.78 is 0. The summed E-state index contributed by atoms with van der Waals surface area (Å²) in [6.07, 6.45) is -3.46. The number of aromatic hydroxyl groups is 1. The molecule has 0 aromatic heterocycles. The Balaban J connectivity index is 3.34. The molecule has 0 saturated carbocycles. The molecule has 0 saturated heterocycles. The third-order valence-electron chi connectivity index (χ3n) is 7.28. The molecule has 55 heavy (non-hydrogen) atoms. The number of hydrogen-bond acceptors (Lipinski definition) is 13. The largest absolute Gasteiger partial charge is 0.510 e. The summed E-state index contributed by atoms with van der Waals surface area (Å²) in [6.45, 7) is 0. The molecule has 0 unspecified atom stereocenters. The second kappa shape index (κ2) is 22.2. The van der Waals surface area contributed by atoms with Crippen LogP contribution in [0.15, 0.2) is 24.3 Å². The number of hydrogen-bond donors (Lipinski definition) is 13. The van der Waals surface area contributed by atoms with Gasteiger partial charge in [-0.1, -0.05) is 12.1 Å². The van der Waals surface area contributed by atoms with Crippen LogP contribution >= 0.6 is 0 Å². The second-order valence-electron chi connectivity index (χ2n) is 12.0. The van der Waals surface area contributed by atoms with Crippen molar-refractivity contribution in [2.24, 2.45) is 34.4 Å². The van der Waals surface area contributed by atoms with Crippen molar-refractivity contribution in [3.63, 3.8) is 0 Å². The van der Waals surface area contributed by atoms with E-state index in [4.69, 9.17) is 34.4 Å². The van der Waals surface area contributed by atoms with Crippen LogP contribution in [-0.2, 0) is 52.7 Å². The number of carboxylic acid groups (broad SMARTS) is 1. The summed E-state index contributed by atoms with van der Waals surface area (Å²) >= 11 is 0. The number of benzene rings is 1. The maximum atomic E-state index is 13.5. The minimum atomic E-state index is -1.85. The van der Waals surface area contributed by atoms with Gasteiger partial charge in [-0.2, -0.15) is 24.1 Å². The van der Waals surface area contributed by atoms with Gasteiger partial charge < -0.3 is 71.2 Å². The van der Waals surface area contributed by atoms with E-state index in [0.717, 1.165) is 6.42 Å². The molecule has 1 aromatic carbocycles. The van der Waals surface area contributed by atoms with Gasteiger partial charge in [0.25, 0.3) is 0 Å². The van der Waals surface area contributed by atoms with Gasteiger partial charge in [-0.25, -0.2) is 0 Å². The highest BCUT2D eigenvalue weighted by molar-refractivity contribution is 5.99. The number of aliphatic carboxylic acids is 1. The van der Waals surface area contributed by atoms with E-state index >= 15 is 0 Å². The van der Waals surface area contributed by atoms with Crippen molar-refractivity contribution in [3.05, 3.63) is 36.2 Å². The van der Waals surface area contributed by atoms with Gasteiger partial charge in [0.15, 0.2) is 0 Å². The van der Waals surface area contributed by atoms with E-state index in [9.17, 15) is 63.0 Å². The SMILES string of the molecule is NC(=O)CC[C@H](NC(=O)[C@H](CCC(N)=O)NC(=O)[C@H](CC(N)=O)NC(=O)[C@@H](N)CC(N)=O)C(=O)N[C@@H](CC(N)=O)C(=O)N[C@@H]([CH-]c1ccc(O)cc1)C(=O)O. The Bertz CT molecular complexity index is 1640. The van der Waals surface area contributed by atoms with Crippen LogP contribution in [0, 0.1) is 6.42 Å². The van der Waals surface area contributed by atoms with Gasteiger partial charge in [-0.05, 0) is 12.8 Å². The normalized spacial score (nSPS) is 13.8. The highest BCUT2D eigenvalue weighted by atomic mass is 16.4. The lowest BCUT2D eigenvalue weighted by atomic mass is 10.0. The van der Waals surface area contributed by atoms with Gasteiger partial charge >= 0.3 is 5.97 Å². The zero-order valence-corrected chi connectivity index (χ0v) is 29.1. The predicted molar refractivity (Wildman–Crippen MR) is 185 cm³/mol. The highest BCUT2D eigenvalue weighted by Crippen LogP contribution is 2.13. The lowest BCUT2D eigenvalue weighted by Crippen LogP contribution is -2.60. The van der Waals surface area contributed by atoms with E-state index in [1.54, 1.807) is 0 Å². The molecule has 0 bridgehead atoms. The van der Waals surface area contributed by atoms with E-state index in [2.05, 4.69) is 26.6 Å². The van der Waals surface area contributed by atoms with Gasteiger partial charge in [-0.3, -0.25) is 52.7 Å². The number of carboxylic acids is 1. The van der Waals surface area contributed by atoms with Crippen molar-refractivity contribution in [3.8, 4) is 5.75 Å². The fourth-order valence-corrected chi connectivity index (χ4v) is 4.54. The number of amides is 10. The molecule has 0 radical (unpaired) electrons. The van der Waals surface area contributed by atoms with Gasteiger partial charge in [0, 0.05) is 12.8 Å². The molecular formula is C31H44N11O13-. The van der Waals surface area contributed by atoms with Crippen LogP contribution in [0.2, 0.25) is 0 Å². The highest BCUT2D eigenvalue weighted by Gasteiger charge is 2.34. The smallest absolute Gasteiger partial charge is 0.318 e. The van der Waals surface area contributed by atoms with Crippen LogP contribution in [0.5, 0.6) is 5.75 Å². The van der Waals surface area contributed by atoms with Crippen LogP contribution in [0.1, 0.15) is 50.5 Å². The van der Waals surface area contributed by atoms with Crippen LogP contribution in [0.4, 0.5) is 0 Å². The van der Waals surface area contributed by atoms with Crippen molar-refractivity contribution in [1.82, 2.24) is 26.6 Å². The number of primary amides is 5. The minimum Gasteiger partial charge on any atom is -0.510 e. The summed E-state index contributed by atoms with van der Waals surface area (Å²) in [5.74, 6) is -12.8. The number of carbonyl (C=O) groups excluding carboxylic acids is 10. The quantitative estimate of drug-likeness (QED) is 0.0411. The van der Waals surface area contributed by atoms with Crippen LogP contribution in [-0.4, -0.2) is 112 Å². The van der Waals surface area contributed by atoms with Crippen molar-refractivity contribution >= 4 is 65.0 Å². The predicted octanol–water partition coefficient (Wildman–Crippen LogP) is -7.06. The third kappa shape index (κ3) is 17.9. The summed E-state index contributed by atoms with van der Waals surface area (Å²) in [4.78, 5) is 136. The first-order valence-corrected chi connectivity index (χ1v) is 16.1. The van der Waals surface area contributed by atoms with Crippen molar-refractivity contribution < 1.29 is 63.0 Å². The Morgan fingerprint density at radius 1 is 0.527 bits per heavy atom. The standard InChI is InChI=1S/C31H44N11O13/c32-15(10-23(35)46)26(49)40-18(11-24(36)47)29(52)39-16(5-7-21(33)44)27(50)38-17(6-8-22(34)45)28(51)41-19(12-25(37)48)30(53)42-20(31(54)55)9-13-1-3-14(43)4-2-13/h1-4,9,15-20,43H,5-8,10-12,32H2,(H2,33,44)(H2,34,45)(H2,35,46)(H2,36,47)(H2,37,48)(H,38,50)(H,39,52)(H,40,49)(H,41,51)(H,42,53)(H,54,55)/q-1/t15-,16-,17-,18-,19-,20-/m0/s1. The average molecular weight is 779 g/mol. The number of rotatable bonds is 25. The van der Waals surface area contributed by atoms with Crippen molar-refractivity contribution in [1.29, 1.82) is 0 Å². The van der Waals surface area contributed by atoms with Gasteiger partial charge in [0.2, 0.25) is 59.1 Å². The van der Waals surface area contributed by atoms with Crippen molar-refractivity contribution in [2.45, 2.75) is 81.2 Å². The summed E-state index contributed by atoms with van der Waals surface area (Å²) in [7, 11) is 0. The van der Waals surface area contributed by atoms with Gasteiger partial charge in [0.05, 0.1) is 31.1 Å². The minimum absolute atomic E-state index is 0.128. The van der Waals surface area contributed by atoms with Crippen molar-refractivity contribution in [2.75, 3.05) is 0 Å². The lowest BCUT2D eigenvalue weighted by Gasteiger charge is -2.27. The molecular weight excluding hydrogens is 734 g/mol. The average Bonchev–Trinajstić information content (AvgIpc) is 3.07. The van der Waals surface area contributed by atoms with Crippen LogP contribution in [0.3, 0.4) is 0 Å². The van der Waals surface area contributed by atoms with E-state index in [0.29, 0.717) is 0 Å². The molecule has 302 valence electrons. The number of nitrogens with one attached hydrogen (secondary N) is 5. The van der Waals surface area contributed by atoms with E-state index in [1.165, 1.54) is 24.3 Å². The maximum Gasteiger partial charge on any atom is 0.318 e. The zero-order chi connectivity index (χ0) is 42.0. The Labute approximate surface area is 312 Å². The summed E-state index contributed by atoms with van der Waals surface area (Å²) in [5.41, 5.74) is 31.7. The molecule has 24 nitrogen and oxygen atoms in total. The number of nitrogens with two attached hydrogens (primary N) is 6. The van der Waals surface area contributed by atoms with E-state index in [1.807, 2.05) is 0 Å². The summed E-state index contributed by atoms with van der Waals surface area (Å²) in [6, 6.07) is -5.26. The first kappa shape index (κ1) is 46.0. The first-order chi connectivity index (χ1) is 25.6. The lowest BCUT2D eigenvalue weighted by molar-refractivity contribution is -0.141. The molecule has 19 N–H and O–H groups in total. The third-order valence-corrected chi connectivity index (χ3v) is 7.28. The molecule has 0 aliphatic heterocycles. The molecule has 0 fully saturated rings. The van der Waals surface area contributed by atoms with Gasteiger partial charge in [0.1, 0.15) is 30.2 Å². The number of phenolic OH excluding ortho intramolecular Hbond substituents is 1. The fraction of sp³-hybridized carbons (Fsp3) is 0.419. The molecule has 0 spiro atoms. The van der Waals surface area contributed by atoms with Crippen LogP contribution < -0.4 is 61.0 Å². The molecule has 1 aromatic rings. The topological polar surface area (TPSA) is 444 Å². The number of carbonyl (C=O) groups is 11. The molecule has 0 aliphatic rings. The number of phenols is 1. The Morgan fingerprint density at radius 2 is 0.891 bits per heavy atom. The Kier molecular flexibility index (Phi) is 18.6. The van der Waals surface area contributed by atoms with Crippen LogP contribution in [0.25, 0.3) is 0 Å². The fourth-order valence-electron chi connectivity index (χ4n) is 4.54. The molecule has 6 atom stereocenters. The van der Waals surface area contributed by atoms with E-state index < -0.39 is 146 Å². The van der Waals surface area contributed by atoms with E-state index in [-0.39, 0.29) is 11.3 Å². The first-order valence-electron chi connectivity index (χ1n) is 16.1. The summed E-state index contributed by atoms with van der Waals surface area (Å²) in [5, 5.41) is 29.9. The molecule has 0 aliphatic carbocycles. The second-order valence-corrected chi connectivity index (χ2v) is 12.0. The maximum absolute atomic E-state index is 13.5. The molecule has 1 rings (SSSR count). The molecule has 24 heteroatoms.